The van der Waals surface area contributed by atoms with Crippen molar-refractivity contribution in [3.05, 3.63) is 57.9 Å². The second kappa shape index (κ2) is 9.52. The van der Waals surface area contributed by atoms with Crippen LogP contribution in [-0.4, -0.2) is 24.8 Å². The fourth-order valence-corrected chi connectivity index (χ4v) is 3.41. The predicted octanol–water partition coefficient (Wildman–Crippen LogP) is 4.13. The Morgan fingerprint density at radius 2 is 1.69 bits per heavy atom. The van der Waals surface area contributed by atoms with Gasteiger partial charge in [0.15, 0.2) is 17.1 Å². The fraction of sp³-hybridized carbons (Fsp3) is 0.348. The third-order valence-electron chi connectivity index (χ3n) is 5.14. The van der Waals surface area contributed by atoms with Gasteiger partial charge in [0.2, 0.25) is 11.2 Å². The van der Waals surface area contributed by atoms with Gasteiger partial charge in [-0.15, -0.1) is 0 Å². The number of phenolic OH excluding ortho intramolecular Hbond substituents is 1. The largest absolute Gasteiger partial charge is 0.507 e. The summed E-state index contributed by atoms with van der Waals surface area (Å²) in [7, 11) is 0. The van der Waals surface area contributed by atoms with Crippen molar-refractivity contribution < 1.29 is 37.1 Å². The summed E-state index contributed by atoms with van der Waals surface area (Å²) in [5.74, 6) is -2.63. The van der Waals surface area contributed by atoms with Crippen LogP contribution in [0.1, 0.15) is 32.1 Å². The SMILES string of the molecule is CCOc1ccccc1Oc1c(C(F)(F)F)oc2c(C[NH+](CC)CC)c(O)ccc2c1=O. The molecule has 2 N–H and O–H groups in total. The standard InChI is InChI=1S/C23H24F3NO5/c1-4-27(5-2)13-15-16(28)12-11-14-19(29)21(22(23(24,25)26)32-20(14)15)31-18-10-8-7-9-17(18)30-6-3/h7-12,28H,4-6,13H2,1-3H3/p+1. The molecular weight excluding hydrogens is 427 g/mol. The lowest BCUT2D eigenvalue weighted by atomic mass is 10.1. The molecule has 2 aromatic carbocycles. The highest BCUT2D eigenvalue weighted by Crippen LogP contribution is 2.41. The maximum atomic E-state index is 13.9. The molecule has 0 fully saturated rings. The van der Waals surface area contributed by atoms with E-state index in [-0.39, 0.29) is 46.9 Å². The first-order valence-electron chi connectivity index (χ1n) is 10.3. The molecule has 0 aliphatic heterocycles. The molecule has 0 aliphatic rings. The number of fused-ring (bicyclic) bond motifs is 1. The highest BCUT2D eigenvalue weighted by Gasteiger charge is 2.41. The molecule has 0 atom stereocenters. The van der Waals surface area contributed by atoms with Gasteiger partial charge < -0.3 is 23.9 Å². The van der Waals surface area contributed by atoms with Crippen LogP contribution in [0.15, 0.2) is 45.6 Å². The number of phenols is 1. The second-order valence-corrected chi connectivity index (χ2v) is 7.14. The van der Waals surface area contributed by atoms with Gasteiger partial charge in [0.1, 0.15) is 12.3 Å². The van der Waals surface area contributed by atoms with E-state index in [4.69, 9.17) is 13.9 Å². The average molecular weight is 452 g/mol. The molecule has 0 bridgehead atoms. The Bertz CT molecular complexity index is 1150. The van der Waals surface area contributed by atoms with Crippen molar-refractivity contribution in [2.24, 2.45) is 0 Å². The molecular formula is C23H25F3NO5+. The molecule has 0 aliphatic carbocycles. The molecule has 0 radical (unpaired) electrons. The summed E-state index contributed by atoms with van der Waals surface area (Å²) in [6, 6.07) is 8.63. The smallest absolute Gasteiger partial charge is 0.453 e. The van der Waals surface area contributed by atoms with Gasteiger partial charge in [-0.1, -0.05) is 12.1 Å². The van der Waals surface area contributed by atoms with Crippen LogP contribution < -0.4 is 19.8 Å². The maximum Gasteiger partial charge on any atom is 0.453 e. The lowest BCUT2D eigenvalue weighted by Crippen LogP contribution is -3.10. The number of halogens is 3. The van der Waals surface area contributed by atoms with Gasteiger partial charge in [-0.05, 0) is 45.0 Å². The van der Waals surface area contributed by atoms with Crippen LogP contribution in [0.4, 0.5) is 13.2 Å². The number of quaternary nitrogens is 1. The van der Waals surface area contributed by atoms with Crippen LogP contribution in [-0.2, 0) is 12.7 Å². The molecule has 1 heterocycles. The monoisotopic (exact) mass is 452 g/mol. The van der Waals surface area contributed by atoms with Gasteiger partial charge >= 0.3 is 6.18 Å². The van der Waals surface area contributed by atoms with Crippen LogP contribution in [0, 0.1) is 0 Å². The van der Waals surface area contributed by atoms with Gasteiger partial charge in [0.25, 0.3) is 5.76 Å². The van der Waals surface area contributed by atoms with Gasteiger partial charge in [-0.3, -0.25) is 4.79 Å². The van der Waals surface area contributed by atoms with E-state index in [0.717, 1.165) is 4.90 Å². The van der Waals surface area contributed by atoms with Crippen molar-refractivity contribution >= 4 is 11.0 Å². The Balaban J connectivity index is 2.26. The molecule has 32 heavy (non-hydrogen) atoms. The van der Waals surface area contributed by atoms with E-state index < -0.39 is 23.1 Å². The van der Waals surface area contributed by atoms with Crippen molar-refractivity contribution in [2.45, 2.75) is 33.5 Å². The minimum Gasteiger partial charge on any atom is -0.507 e. The van der Waals surface area contributed by atoms with Gasteiger partial charge in [0.05, 0.1) is 30.6 Å². The van der Waals surface area contributed by atoms with Crippen LogP contribution in [0.2, 0.25) is 0 Å². The third-order valence-corrected chi connectivity index (χ3v) is 5.14. The molecule has 0 spiro atoms. The molecule has 172 valence electrons. The summed E-state index contributed by atoms with van der Waals surface area (Å²) < 4.78 is 57.8. The Morgan fingerprint density at radius 1 is 1.03 bits per heavy atom. The summed E-state index contributed by atoms with van der Waals surface area (Å²) >= 11 is 0. The van der Waals surface area contributed by atoms with Crippen LogP contribution in [0.25, 0.3) is 11.0 Å². The zero-order chi connectivity index (χ0) is 23.5. The minimum absolute atomic E-state index is 0.0434. The molecule has 3 aromatic rings. The van der Waals surface area contributed by atoms with Crippen LogP contribution in [0.3, 0.4) is 0 Å². The van der Waals surface area contributed by atoms with Gasteiger partial charge in [-0.2, -0.15) is 13.2 Å². The van der Waals surface area contributed by atoms with E-state index in [1.165, 1.54) is 24.3 Å². The molecule has 9 heteroatoms. The van der Waals surface area contributed by atoms with E-state index in [1.54, 1.807) is 19.1 Å². The van der Waals surface area contributed by atoms with Crippen molar-refractivity contribution in [3.63, 3.8) is 0 Å². The number of aromatic hydroxyl groups is 1. The normalized spacial score (nSPS) is 11.8. The highest BCUT2D eigenvalue weighted by atomic mass is 19.4. The number of nitrogens with one attached hydrogen (secondary N) is 1. The first-order chi connectivity index (χ1) is 15.2. The molecule has 0 amide bonds. The summed E-state index contributed by atoms with van der Waals surface area (Å²) in [5, 5.41) is 10.2. The van der Waals surface area contributed by atoms with E-state index >= 15 is 0 Å². The van der Waals surface area contributed by atoms with Crippen LogP contribution >= 0.6 is 0 Å². The zero-order valence-corrected chi connectivity index (χ0v) is 18.0. The fourth-order valence-electron chi connectivity index (χ4n) is 3.41. The predicted molar refractivity (Wildman–Crippen MR) is 113 cm³/mol. The van der Waals surface area contributed by atoms with Crippen molar-refractivity contribution in [3.8, 4) is 23.0 Å². The van der Waals surface area contributed by atoms with E-state index in [0.29, 0.717) is 13.1 Å². The number of hydrogen-bond acceptors (Lipinski definition) is 5. The van der Waals surface area contributed by atoms with E-state index in [2.05, 4.69) is 0 Å². The van der Waals surface area contributed by atoms with Gasteiger partial charge in [0, 0.05) is 0 Å². The average Bonchev–Trinajstić information content (AvgIpc) is 2.75. The first kappa shape index (κ1) is 23.5. The number of benzene rings is 2. The number of para-hydroxylation sites is 2. The lowest BCUT2D eigenvalue weighted by Gasteiger charge is -2.19. The number of alkyl halides is 3. The molecule has 6 nitrogen and oxygen atoms in total. The molecule has 3 rings (SSSR count). The zero-order valence-electron chi connectivity index (χ0n) is 18.0. The Morgan fingerprint density at radius 3 is 2.28 bits per heavy atom. The summed E-state index contributed by atoms with van der Waals surface area (Å²) in [4.78, 5) is 14.1. The molecule has 1 aromatic heterocycles. The maximum absolute atomic E-state index is 13.9. The van der Waals surface area contributed by atoms with Crippen molar-refractivity contribution in [1.29, 1.82) is 0 Å². The van der Waals surface area contributed by atoms with E-state index in [1.807, 2.05) is 13.8 Å². The quantitative estimate of drug-likeness (QED) is 0.538. The summed E-state index contributed by atoms with van der Waals surface area (Å²) in [6.45, 7) is 7.36. The number of rotatable bonds is 8. The minimum atomic E-state index is -5.01. The summed E-state index contributed by atoms with van der Waals surface area (Å²) in [5.41, 5.74) is -1.14. The lowest BCUT2D eigenvalue weighted by molar-refractivity contribution is -0.910. The number of ether oxygens (including phenoxy) is 2. The third kappa shape index (κ3) is 4.67. The Kier molecular flexibility index (Phi) is 6.98. The second-order valence-electron chi connectivity index (χ2n) is 7.14. The Labute approximate surface area is 182 Å². The molecule has 0 saturated heterocycles. The number of hydrogen-bond donors (Lipinski definition) is 2. The van der Waals surface area contributed by atoms with E-state index in [9.17, 15) is 23.1 Å². The topological polar surface area (TPSA) is 73.3 Å². The highest BCUT2D eigenvalue weighted by molar-refractivity contribution is 5.83. The first-order valence-corrected chi connectivity index (χ1v) is 10.3. The van der Waals surface area contributed by atoms with Crippen molar-refractivity contribution in [1.82, 2.24) is 0 Å². The summed E-state index contributed by atoms with van der Waals surface area (Å²) in [6.07, 6.45) is -5.01. The molecule has 0 saturated carbocycles. The molecule has 0 unspecified atom stereocenters. The van der Waals surface area contributed by atoms with Crippen LogP contribution in [0.5, 0.6) is 23.0 Å². The van der Waals surface area contributed by atoms with Gasteiger partial charge in [-0.25, -0.2) is 0 Å². The van der Waals surface area contributed by atoms with Crippen molar-refractivity contribution in [2.75, 3.05) is 19.7 Å². The Hall–Kier alpha value is -3.20.